The first-order chi connectivity index (χ1) is 10.5. The monoisotopic (exact) mass is 340 g/mol. The summed E-state index contributed by atoms with van der Waals surface area (Å²) in [5, 5.41) is 0.535. The van der Waals surface area contributed by atoms with Crippen molar-refractivity contribution in [2.75, 3.05) is 0 Å². The van der Waals surface area contributed by atoms with Crippen LogP contribution in [-0.4, -0.2) is 11.8 Å². The van der Waals surface area contributed by atoms with Crippen molar-refractivity contribution >= 4 is 35.0 Å². The van der Waals surface area contributed by atoms with Gasteiger partial charge in [0.05, 0.1) is 17.0 Å². The summed E-state index contributed by atoms with van der Waals surface area (Å²) in [4.78, 5) is 23.5. The normalized spacial score (nSPS) is 10.1. The van der Waals surface area contributed by atoms with Crippen LogP contribution in [0, 0.1) is 5.82 Å². The van der Waals surface area contributed by atoms with Crippen molar-refractivity contribution in [3.05, 3.63) is 69.5 Å². The van der Waals surface area contributed by atoms with E-state index < -0.39 is 17.6 Å². The largest absolute Gasteiger partial charge is 0.273 e. The molecule has 2 aromatic carbocycles. The van der Waals surface area contributed by atoms with E-state index in [9.17, 15) is 14.0 Å². The Morgan fingerprint density at radius 2 is 1.68 bits per heavy atom. The second-order valence-electron chi connectivity index (χ2n) is 4.43. The number of nitrogens with one attached hydrogen (secondary N) is 2. The van der Waals surface area contributed by atoms with Crippen LogP contribution < -0.4 is 10.9 Å². The number of rotatable bonds is 3. The predicted molar refractivity (Wildman–Crippen MR) is 82.2 cm³/mol. The predicted octanol–water partition coefficient (Wildman–Crippen LogP) is 3.14. The van der Waals surface area contributed by atoms with Gasteiger partial charge in [-0.15, -0.1) is 0 Å². The molecule has 0 unspecified atom stereocenters. The third-order valence-electron chi connectivity index (χ3n) is 2.77. The van der Waals surface area contributed by atoms with Crippen LogP contribution >= 0.6 is 23.2 Å². The van der Waals surface area contributed by atoms with Crippen molar-refractivity contribution in [2.45, 2.75) is 6.42 Å². The molecule has 0 aliphatic rings. The van der Waals surface area contributed by atoms with Crippen molar-refractivity contribution in [1.82, 2.24) is 10.9 Å². The van der Waals surface area contributed by atoms with E-state index in [0.29, 0.717) is 5.02 Å². The number of carbonyl (C=O) groups is 2. The van der Waals surface area contributed by atoms with E-state index in [4.69, 9.17) is 23.2 Å². The minimum Gasteiger partial charge on any atom is -0.273 e. The molecule has 2 N–H and O–H groups in total. The number of hydrazine groups is 1. The minimum absolute atomic E-state index is 0.0375. The molecule has 0 saturated heterocycles. The summed E-state index contributed by atoms with van der Waals surface area (Å²) < 4.78 is 12.9. The maximum absolute atomic E-state index is 12.9. The van der Waals surface area contributed by atoms with Crippen molar-refractivity contribution in [3.63, 3.8) is 0 Å². The van der Waals surface area contributed by atoms with E-state index in [1.165, 1.54) is 6.07 Å². The summed E-state index contributed by atoms with van der Waals surface area (Å²) in [6.07, 6.45) is 0.0780. The van der Waals surface area contributed by atoms with Gasteiger partial charge in [-0.3, -0.25) is 20.4 Å². The Labute approximate surface area is 136 Å². The minimum atomic E-state index is -0.630. The number of amides is 2. The number of hydrogen-bond acceptors (Lipinski definition) is 2. The summed E-state index contributed by atoms with van der Waals surface area (Å²) in [5.41, 5.74) is 5.29. The Kier molecular flexibility index (Phi) is 5.35. The molecule has 0 saturated carbocycles. The first-order valence-corrected chi connectivity index (χ1v) is 7.00. The molecule has 22 heavy (non-hydrogen) atoms. The SMILES string of the molecule is O=C(Cc1ccc(Cl)cc1)NNC(=O)c1ccc(F)cc1Cl. The molecule has 0 radical (unpaired) electrons. The van der Waals surface area contributed by atoms with Gasteiger partial charge >= 0.3 is 0 Å². The Balaban J connectivity index is 1.90. The highest BCUT2D eigenvalue weighted by Gasteiger charge is 2.12. The van der Waals surface area contributed by atoms with Gasteiger partial charge in [-0.2, -0.15) is 0 Å². The molecule has 2 aromatic rings. The van der Waals surface area contributed by atoms with Crippen molar-refractivity contribution in [1.29, 1.82) is 0 Å². The first-order valence-electron chi connectivity index (χ1n) is 6.24. The van der Waals surface area contributed by atoms with E-state index in [-0.39, 0.29) is 17.0 Å². The lowest BCUT2D eigenvalue weighted by Gasteiger charge is -2.08. The van der Waals surface area contributed by atoms with Crippen LogP contribution in [0.1, 0.15) is 15.9 Å². The molecule has 0 fully saturated rings. The fourth-order valence-corrected chi connectivity index (χ4v) is 2.08. The standard InChI is InChI=1S/C15H11Cl2FN2O2/c16-10-3-1-9(2-4-10)7-14(21)19-20-15(22)12-6-5-11(18)8-13(12)17/h1-6,8H,7H2,(H,19,21)(H,20,22). The zero-order valence-electron chi connectivity index (χ0n) is 11.2. The molecule has 0 aliphatic carbocycles. The summed E-state index contributed by atoms with van der Waals surface area (Å²) in [5.74, 6) is -1.59. The molecule has 0 spiro atoms. The van der Waals surface area contributed by atoms with Gasteiger partial charge < -0.3 is 0 Å². The fraction of sp³-hybridized carbons (Fsp3) is 0.0667. The van der Waals surface area contributed by atoms with Crippen LogP contribution in [0.3, 0.4) is 0 Å². The Morgan fingerprint density at radius 1 is 1.00 bits per heavy atom. The van der Waals surface area contributed by atoms with E-state index in [1.807, 2.05) is 0 Å². The van der Waals surface area contributed by atoms with Gasteiger partial charge in [0, 0.05) is 5.02 Å². The van der Waals surface area contributed by atoms with Gasteiger partial charge in [0.15, 0.2) is 0 Å². The smallest absolute Gasteiger partial charge is 0.271 e. The topological polar surface area (TPSA) is 58.2 Å². The van der Waals surface area contributed by atoms with Crippen molar-refractivity contribution < 1.29 is 14.0 Å². The molecule has 0 heterocycles. The molecule has 2 amide bonds. The lowest BCUT2D eigenvalue weighted by Crippen LogP contribution is -2.42. The van der Waals surface area contributed by atoms with E-state index in [1.54, 1.807) is 24.3 Å². The molecular weight excluding hydrogens is 330 g/mol. The van der Waals surface area contributed by atoms with Gasteiger partial charge in [-0.25, -0.2) is 4.39 Å². The summed E-state index contributed by atoms with van der Waals surface area (Å²) in [6.45, 7) is 0. The number of benzene rings is 2. The molecular formula is C15H11Cl2FN2O2. The zero-order valence-corrected chi connectivity index (χ0v) is 12.7. The molecule has 7 heteroatoms. The number of halogens is 3. The summed E-state index contributed by atoms with van der Waals surface area (Å²) >= 11 is 11.5. The number of hydrogen-bond donors (Lipinski definition) is 2. The third kappa shape index (κ3) is 4.44. The van der Waals surface area contributed by atoms with Gasteiger partial charge in [0.2, 0.25) is 5.91 Å². The van der Waals surface area contributed by atoms with Gasteiger partial charge in [-0.1, -0.05) is 35.3 Å². The highest BCUT2D eigenvalue weighted by Crippen LogP contribution is 2.16. The van der Waals surface area contributed by atoms with E-state index in [0.717, 1.165) is 17.7 Å². The lowest BCUT2D eigenvalue weighted by molar-refractivity contribution is -0.121. The van der Waals surface area contributed by atoms with Crippen LogP contribution in [0.25, 0.3) is 0 Å². The Bertz CT molecular complexity index is 705. The first kappa shape index (κ1) is 16.3. The average Bonchev–Trinajstić information content (AvgIpc) is 2.47. The van der Waals surface area contributed by atoms with Crippen molar-refractivity contribution in [2.24, 2.45) is 0 Å². The molecule has 114 valence electrons. The quantitative estimate of drug-likeness (QED) is 0.843. The Morgan fingerprint density at radius 3 is 2.32 bits per heavy atom. The van der Waals surface area contributed by atoms with Gasteiger partial charge in [-0.05, 0) is 35.9 Å². The van der Waals surface area contributed by atoms with Crippen molar-refractivity contribution in [3.8, 4) is 0 Å². The zero-order chi connectivity index (χ0) is 16.1. The second kappa shape index (κ2) is 7.24. The molecule has 2 rings (SSSR count). The fourth-order valence-electron chi connectivity index (χ4n) is 1.70. The number of carbonyl (C=O) groups excluding carboxylic acids is 2. The maximum Gasteiger partial charge on any atom is 0.271 e. The average molecular weight is 341 g/mol. The van der Waals surface area contributed by atoms with Crippen LogP contribution in [0.15, 0.2) is 42.5 Å². The van der Waals surface area contributed by atoms with E-state index >= 15 is 0 Å². The van der Waals surface area contributed by atoms with Crippen LogP contribution in [0.5, 0.6) is 0 Å². The van der Waals surface area contributed by atoms with Gasteiger partial charge in [0.25, 0.3) is 5.91 Å². The summed E-state index contributed by atoms with van der Waals surface area (Å²) in [6, 6.07) is 10.1. The van der Waals surface area contributed by atoms with Crippen LogP contribution in [0.2, 0.25) is 10.0 Å². The molecule has 0 aliphatic heterocycles. The highest BCUT2D eigenvalue weighted by molar-refractivity contribution is 6.33. The van der Waals surface area contributed by atoms with E-state index in [2.05, 4.69) is 10.9 Å². The van der Waals surface area contributed by atoms with Crippen LogP contribution in [-0.2, 0) is 11.2 Å². The van der Waals surface area contributed by atoms with Gasteiger partial charge in [0.1, 0.15) is 5.82 Å². The molecule has 4 nitrogen and oxygen atoms in total. The highest BCUT2D eigenvalue weighted by atomic mass is 35.5. The molecule has 0 atom stereocenters. The Hall–Kier alpha value is -2.11. The third-order valence-corrected chi connectivity index (χ3v) is 3.33. The second-order valence-corrected chi connectivity index (χ2v) is 5.27. The maximum atomic E-state index is 12.9. The molecule has 0 bridgehead atoms. The lowest BCUT2D eigenvalue weighted by atomic mass is 10.1. The van der Waals surface area contributed by atoms with Crippen LogP contribution in [0.4, 0.5) is 4.39 Å². The summed E-state index contributed by atoms with van der Waals surface area (Å²) in [7, 11) is 0. The molecule has 0 aromatic heterocycles.